The molecule has 1 amide bonds. The van der Waals surface area contributed by atoms with Crippen LogP contribution >= 0.6 is 0 Å². The van der Waals surface area contributed by atoms with Crippen LogP contribution in [0.15, 0.2) is 24.3 Å². The molecule has 0 radical (unpaired) electrons. The minimum atomic E-state index is -0.607. The number of amides is 1. The third kappa shape index (κ3) is 5.56. The molecule has 160 valence electrons. The summed E-state index contributed by atoms with van der Waals surface area (Å²) in [5, 5.41) is 2.65. The van der Waals surface area contributed by atoms with Crippen LogP contribution in [-0.4, -0.2) is 48.4 Å². The molecule has 2 aromatic rings. The second-order valence-corrected chi connectivity index (χ2v) is 6.75. The van der Waals surface area contributed by atoms with Gasteiger partial charge in [0.25, 0.3) is 5.91 Å². The number of esters is 2. The predicted molar refractivity (Wildman–Crippen MR) is 110 cm³/mol. The van der Waals surface area contributed by atoms with Crippen molar-refractivity contribution in [3.05, 3.63) is 57.9 Å². The first kappa shape index (κ1) is 22.9. The zero-order valence-electron chi connectivity index (χ0n) is 17.6. The molecule has 0 bridgehead atoms. The van der Waals surface area contributed by atoms with E-state index in [0.717, 1.165) is 5.56 Å². The largest absolute Gasteiger partial charge is 0.461 e. The van der Waals surface area contributed by atoms with Gasteiger partial charge in [0.2, 0.25) is 5.78 Å². The monoisotopic (exact) mass is 414 g/mol. The molecule has 0 aliphatic heterocycles. The summed E-state index contributed by atoms with van der Waals surface area (Å²) < 4.78 is 9.98. The van der Waals surface area contributed by atoms with Gasteiger partial charge in [-0.25, -0.2) is 4.79 Å². The Morgan fingerprint density at radius 3 is 2.40 bits per heavy atom. The maximum Gasteiger partial charge on any atom is 0.355 e. The standard InChI is InChI=1S/C22H26N2O6/c1-5-29-22(28)20-14(3)19(15(4)24-20)17(25)12-30-18(26)10-11-23-21(27)16-9-7-6-8-13(16)2/h6-9,24H,5,10-12H2,1-4H3,(H,23,27). The van der Waals surface area contributed by atoms with E-state index in [9.17, 15) is 19.2 Å². The van der Waals surface area contributed by atoms with Gasteiger partial charge < -0.3 is 19.8 Å². The third-order valence-corrected chi connectivity index (χ3v) is 4.56. The second kappa shape index (κ2) is 10.4. The number of hydrogen-bond donors (Lipinski definition) is 2. The van der Waals surface area contributed by atoms with Gasteiger partial charge in [-0.1, -0.05) is 18.2 Å². The number of Topliss-reactive ketones (excluding diaryl/α,β-unsaturated/α-hetero) is 1. The Bertz CT molecular complexity index is 961. The Morgan fingerprint density at radius 2 is 1.73 bits per heavy atom. The van der Waals surface area contributed by atoms with Crippen molar-refractivity contribution in [3.8, 4) is 0 Å². The van der Waals surface area contributed by atoms with Crippen molar-refractivity contribution in [2.24, 2.45) is 0 Å². The van der Waals surface area contributed by atoms with E-state index in [1.807, 2.05) is 19.1 Å². The number of aryl methyl sites for hydroxylation is 2. The lowest BCUT2D eigenvalue weighted by Gasteiger charge is -2.08. The quantitative estimate of drug-likeness (QED) is 0.482. The van der Waals surface area contributed by atoms with Crippen LogP contribution in [0.25, 0.3) is 0 Å². The van der Waals surface area contributed by atoms with E-state index in [1.54, 1.807) is 32.9 Å². The molecule has 0 saturated heterocycles. The summed E-state index contributed by atoms with van der Waals surface area (Å²) in [5.41, 5.74) is 2.85. The van der Waals surface area contributed by atoms with Gasteiger partial charge in [0.05, 0.1) is 13.0 Å². The lowest BCUT2D eigenvalue weighted by molar-refractivity contribution is -0.142. The van der Waals surface area contributed by atoms with Gasteiger partial charge in [0.15, 0.2) is 6.61 Å². The summed E-state index contributed by atoms with van der Waals surface area (Å²) >= 11 is 0. The van der Waals surface area contributed by atoms with E-state index in [4.69, 9.17) is 9.47 Å². The zero-order chi connectivity index (χ0) is 22.3. The van der Waals surface area contributed by atoms with Gasteiger partial charge in [0, 0.05) is 23.4 Å². The smallest absolute Gasteiger partial charge is 0.355 e. The first-order valence-electron chi connectivity index (χ1n) is 9.65. The predicted octanol–water partition coefficient (Wildman–Crippen LogP) is 2.66. The topological polar surface area (TPSA) is 115 Å². The van der Waals surface area contributed by atoms with E-state index in [-0.39, 0.29) is 31.2 Å². The molecule has 1 aromatic carbocycles. The van der Waals surface area contributed by atoms with E-state index in [0.29, 0.717) is 22.4 Å². The number of ether oxygens (including phenoxy) is 2. The van der Waals surface area contributed by atoms with Crippen LogP contribution in [0.4, 0.5) is 0 Å². The Kier molecular flexibility index (Phi) is 7.91. The molecular weight excluding hydrogens is 388 g/mol. The van der Waals surface area contributed by atoms with Crippen LogP contribution < -0.4 is 5.32 Å². The Hall–Kier alpha value is -3.42. The number of ketones is 1. The van der Waals surface area contributed by atoms with Crippen molar-refractivity contribution in [2.75, 3.05) is 19.8 Å². The average molecular weight is 414 g/mol. The van der Waals surface area contributed by atoms with Crippen molar-refractivity contribution in [3.63, 3.8) is 0 Å². The van der Waals surface area contributed by atoms with E-state index < -0.39 is 24.3 Å². The number of carbonyl (C=O) groups is 4. The molecule has 30 heavy (non-hydrogen) atoms. The molecule has 8 heteroatoms. The van der Waals surface area contributed by atoms with Gasteiger partial charge in [-0.05, 0) is 44.9 Å². The minimum absolute atomic E-state index is 0.0654. The molecule has 0 atom stereocenters. The number of rotatable bonds is 9. The van der Waals surface area contributed by atoms with Gasteiger partial charge in [0.1, 0.15) is 5.69 Å². The normalized spacial score (nSPS) is 10.4. The molecule has 2 N–H and O–H groups in total. The summed E-state index contributed by atoms with van der Waals surface area (Å²) in [6, 6.07) is 7.13. The van der Waals surface area contributed by atoms with Gasteiger partial charge in [-0.3, -0.25) is 14.4 Å². The minimum Gasteiger partial charge on any atom is -0.461 e. The molecule has 0 fully saturated rings. The Labute approximate surface area is 175 Å². The Balaban J connectivity index is 1.85. The fraction of sp³-hybridized carbons (Fsp3) is 0.364. The van der Waals surface area contributed by atoms with E-state index >= 15 is 0 Å². The Morgan fingerprint density at radius 1 is 1.03 bits per heavy atom. The van der Waals surface area contributed by atoms with Crippen LogP contribution in [0.3, 0.4) is 0 Å². The molecule has 1 heterocycles. The first-order chi connectivity index (χ1) is 14.3. The summed E-state index contributed by atoms with van der Waals surface area (Å²) in [5.74, 6) is -1.85. The van der Waals surface area contributed by atoms with Gasteiger partial charge in [-0.15, -0.1) is 0 Å². The number of aromatic amines is 1. The molecule has 0 aliphatic carbocycles. The van der Waals surface area contributed by atoms with Crippen LogP contribution in [-0.2, 0) is 14.3 Å². The number of carbonyl (C=O) groups excluding carboxylic acids is 4. The fourth-order valence-electron chi connectivity index (χ4n) is 3.07. The number of H-pyrrole nitrogens is 1. The highest BCUT2D eigenvalue weighted by molar-refractivity contribution is 6.03. The molecule has 0 spiro atoms. The summed E-state index contributed by atoms with van der Waals surface area (Å²) in [6.07, 6.45) is -0.0654. The lowest BCUT2D eigenvalue weighted by Crippen LogP contribution is -2.27. The fourth-order valence-corrected chi connectivity index (χ4v) is 3.07. The van der Waals surface area contributed by atoms with E-state index in [1.165, 1.54) is 0 Å². The second-order valence-electron chi connectivity index (χ2n) is 6.75. The van der Waals surface area contributed by atoms with Crippen LogP contribution in [0.2, 0.25) is 0 Å². The molecular formula is C22H26N2O6. The molecule has 1 aromatic heterocycles. The number of nitrogens with one attached hydrogen (secondary N) is 2. The van der Waals surface area contributed by atoms with E-state index in [2.05, 4.69) is 10.3 Å². The maximum atomic E-state index is 12.5. The highest BCUT2D eigenvalue weighted by atomic mass is 16.5. The lowest BCUT2D eigenvalue weighted by atomic mass is 10.1. The number of aromatic nitrogens is 1. The highest BCUT2D eigenvalue weighted by Gasteiger charge is 2.23. The first-order valence-corrected chi connectivity index (χ1v) is 9.65. The third-order valence-electron chi connectivity index (χ3n) is 4.56. The number of hydrogen-bond acceptors (Lipinski definition) is 6. The highest BCUT2D eigenvalue weighted by Crippen LogP contribution is 2.19. The maximum absolute atomic E-state index is 12.5. The van der Waals surface area contributed by atoms with Crippen molar-refractivity contribution < 1.29 is 28.7 Å². The van der Waals surface area contributed by atoms with Crippen LogP contribution in [0.5, 0.6) is 0 Å². The average Bonchev–Trinajstić information content (AvgIpc) is 3.01. The SMILES string of the molecule is CCOC(=O)c1[nH]c(C)c(C(=O)COC(=O)CCNC(=O)c2ccccc2C)c1C. The van der Waals surface area contributed by atoms with Crippen molar-refractivity contribution in [1.82, 2.24) is 10.3 Å². The van der Waals surface area contributed by atoms with Crippen molar-refractivity contribution >= 4 is 23.6 Å². The van der Waals surface area contributed by atoms with Crippen molar-refractivity contribution in [2.45, 2.75) is 34.1 Å². The summed E-state index contributed by atoms with van der Waals surface area (Å²) in [4.78, 5) is 51.3. The molecule has 0 saturated carbocycles. The number of benzene rings is 1. The summed E-state index contributed by atoms with van der Waals surface area (Å²) in [7, 11) is 0. The van der Waals surface area contributed by atoms with Crippen molar-refractivity contribution in [1.29, 1.82) is 0 Å². The van der Waals surface area contributed by atoms with Gasteiger partial charge >= 0.3 is 11.9 Å². The van der Waals surface area contributed by atoms with Gasteiger partial charge in [-0.2, -0.15) is 0 Å². The van der Waals surface area contributed by atoms with Crippen LogP contribution in [0, 0.1) is 20.8 Å². The molecule has 2 rings (SSSR count). The molecule has 8 nitrogen and oxygen atoms in total. The molecule has 0 aliphatic rings. The summed E-state index contributed by atoms with van der Waals surface area (Å²) in [6.45, 7) is 6.67. The zero-order valence-corrected chi connectivity index (χ0v) is 17.6. The van der Waals surface area contributed by atoms with Crippen LogP contribution in [0.1, 0.15) is 61.4 Å². The molecule has 0 unspecified atom stereocenters.